The number of rotatable bonds is 4. The van der Waals surface area contributed by atoms with Crippen LogP contribution in [-0.4, -0.2) is 32.8 Å². The van der Waals surface area contributed by atoms with E-state index >= 15 is 0 Å². The molecule has 0 heterocycles. The number of sulfonamides is 1. The summed E-state index contributed by atoms with van der Waals surface area (Å²) in [5, 5.41) is 5.06. The number of halogens is 1. The number of benzene rings is 1. The van der Waals surface area contributed by atoms with E-state index in [9.17, 15) is 13.2 Å². The predicted molar refractivity (Wildman–Crippen MR) is 77.3 cm³/mol. The summed E-state index contributed by atoms with van der Waals surface area (Å²) in [5.41, 5.74) is 0.287. The van der Waals surface area contributed by atoms with Crippen LogP contribution in [0.25, 0.3) is 0 Å². The molecule has 0 aromatic heterocycles. The molecule has 0 aliphatic carbocycles. The molecule has 0 radical (unpaired) electrons. The predicted octanol–water partition coefficient (Wildman–Crippen LogP) is 1.82. The van der Waals surface area contributed by atoms with Crippen molar-refractivity contribution in [1.82, 2.24) is 4.90 Å². The van der Waals surface area contributed by atoms with Crippen LogP contribution in [0, 0.1) is 5.92 Å². The number of carbonyl (C=O) groups excluding carboxylic acids is 1. The molecule has 0 bridgehead atoms. The Labute approximate surface area is 122 Å². The fourth-order valence-corrected chi connectivity index (χ4v) is 2.64. The molecule has 7 heteroatoms. The van der Waals surface area contributed by atoms with Gasteiger partial charge in [-0.1, -0.05) is 13.8 Å². The van der Waals surface area contributed by atoms with Gasteiger partial charge in [0, 0.05) is 18.1 Å². The summed E-state index contributed by atoms with van der Waals surface area (Å²) in [5.74, 6) is 0.0835. The van der Waals surface area contributed by atoms with Crippen LogP contribution in [0.4, 0.5) is 0 Å². The van der Waals surface area contributed by atoms with Gasteiger partial charge in [0.15, 0.2) is 0 Å². The maximum atomic E-state index is 12.2. The second-order valence-corrected chi connectivity index (χ2v) is 7.18. The van der Waals surface area contributed by atoms with E-state index in [1.807, 2.05) is 13.8 Å². The molecular weight excluding hydrogens is 332 g/mol. The quantitative estimate of drug-likeness (QED) is 0.900. The van der Waals surface area contributed by atoms with Crippen molar-refractivity contribution in [2.75, 3.05) is 13.6 Å². The van der Waals surface area contributed by atoms with Gasteiger partial charge in [0.05, 0.1) is 10.5 Å². The van der Waals surface area contributed by atoms with Crippen molar-refractivity contribution < 1.29 is 13.2 Å². The third kappa shape index (κ3) is 4.29. The van der Waals surface area contributed by atoms with Crippen LogP contribution >= 0.6 is 15.9 Å². The van der Waals surface area contributed by atoms with E-state index in [1.54, 1.807) is 11.9 Å². The number of amides is 1. The lowest BCUT2D eigenvalue weighted by atomic mass is 10.1. The number of carbonyl (C=O) groups is 1. The Hall–Kier alpha value is -0.920. The first-order valence-corrected chi connectivity index (χ1v) is 8.04. The molecule has 0 aliphatic heterocycles. The van der Waals surface area contributed by atoms with E-state index in [1.165, 1.54) is 18.2 Å². The second kappa shape index (κ2) is 6.02. The third-order valence-electron chi connectivity index (χ3n) is 2.48. The van der Waals surface area contributed by atoms with Crippen LogP contribution in [0.15, 0.2) is 27.6 Å². The summed E-state index contributed by atoms with van der Waals surface area (Å²) in [4.78, 5) is 13.7. The van der Waals surface area contributed by atoms with E-state index in [0.29, 0.717) is 16.9 Å². The molecule has 0 spiro atoms. The van der Waals surface area contributed by atoms with Gasteiger partial charge in [-0.05, 0) is 40.0 Å². The fourth-order valence-electron chi connectivity index (χ4n) is 1.68. The van der Waals surface area contributed by atoms with Gasteiger partial charge in [-0.2, -0.15) is 0 Å². The Morgan fingerprint density at radius 2 is 2.00 bits per heavy atom. The van der Waals surface area contributed by atoms with Gasteiger partial charge in [-0.3, -0.25) is 4.79 Å². The van der Waals surface area contributed by atoms with Crippen LogP contribution in [0.2, 0.25) is 0 Å². The summed E-state index contributed by atoms with van der Waals surface area (Å²) in [6.07, 6.45) is 0. The Morgan fingerprint density at radius 1 is 1.42 bits per heavy atom. The average Bonchev–Trinajstić information content (AvgIpc) is 2.26. The van der Waals surface area contributed by atoms with E-state index in [-0.39, 0.29) is 16.4 Å². The molecule has 1 rings (SSSR count). The van der Waals surface area contributed by atoms with Gasteiger partial charge < -0.3 is 4.90 Å². The largest absolute Gasteiger partial charge is 0.341 e. The Kier molecular flexibility index (Phi) is 5.11. The monoisotopic (exact) mass is 348 g/mol. The number of nitrogens with zero attached hydrogens (tertiary/aromatic N) is 1. The molecule has 1 aromatic carbocycles. The van der Waals surface area contributed by atoms with Gasteiger partial charge in [0.25, 0.3) is 5.91 Å². The molecule has 2 N–H and O–H groups in total. The summed E-state index contributed by atoms with van der Waals surface area (Å²) < 4.78 is 23.2. The molecule has 0 unspecified atom stereocenters. The Bertz CT molecular complexity index is 585. The zero-order valence-corrected chi connectivity index (χ0v) is 13.5. The van der Waals surface area contributed by atoms with E-state index in [4.69, 9.17) is 5.14 Å². The molecule has 0 saturated heterocycles. The highest BCUT2D eigenvalue weighted by molar-refractivity contribution is 9.10. The van der Waals surface area contributed by atoms with Crippen LogP contribution in [0.5, 0.6) is 0 Å². The van der Waals surface area contributed by atoms with Crippen molar-refractivity contribution in [3.8, 4) is 0 Å². The van der Waals surface area contributed by atoms with E-state index in [0.717, 1.165) is 0 Å². The van der Waals surface area contributed by atoms with Crippen molar-refractivity contribution in [3.63, 3.8) is 0 Å². The summed E-state index contributed by atoms with van der Waals surface area (Å²) in [7, 11) is -2.14. The fraction of sp³-hybridized carbons (Fsp3) is 0.417. The number of hydrogen-bond acceptors (Lipinski definition) is 3. The van der Waals surface area contributed by atoms with Crippen molar-refractivity contribution in [1.29, 1.82) is 0 Å². The topological polar surface area (TPSA) is 80.5 Å². The Balaban J connectivity index is 3.16. The Morgan fingerprint density at radius 3 is 2.47 bits per heavy atom. The number of primary sulfonamides is 1. The second-order valence-electron chi connectivity index (χ2n) is 4.77. The van der Waals surface area contributed by atoms with E-state index < -0.39 is 10.0 Å². The average molecular weight is 349 g/mol. The molecule has 5 nitrogen and oxygen atoms in total. The molecule has 106 valence electrons. The third-order valence-corrected chi connectivity index (χ3v) is 4.08. The van der Waals surface area contributed by atoms with E-state index in [2.05, 4.69) is 15.9 Å². The highest BCUT2D eigenvalue weighted by Gasteiger charge is 2.18. The lowest BCUT2D eigenvalue weighted by Crippen LogP contribution is -2.30. The van der Waals surface area contributed by atoms with Crippen LogP contribution in [-0.2, 0) is 10.0 Å². The molecule has 0 atom stereocenters. The number of nitrogens with two attached hydrogens (primary N) is 1. The first-order chi connectivity index (χ1) is 8.62. The van der Waals surface area contributed by atoms with Crippen LogP contribution in [0.1, 0.15) is 24.2 Å². The SMILES string of the molecule is CC(C)CN(C)C(=O)c1cc(S(N)(=O)=O)ccc1Br. The lowest BCUT2D eigenvalue weighted by Gasteiger charge is -2.20. The molecule has 1 aromatic rings. The van der Waals surface area contributed by atoms with Crippen molar-refractivity contribution in [2.24, 2.45) is 11.1 Å². The molecule has 0 aliphatic rings. The first-order valence-electron chi connectivity index (χ1n) is 5.70. The smallest absolute Gasteiger partial charge is 0.254 e. The molecule has 0 saturated carbocycles. The summed E-state index contributed by atoms with van der Waals surface area (Å²) in [6, 6.07) is 4.16. The van der Waals surface area contributed by atoms with Gasteiger partial charge in [-0.15, -0.1) is 0 Å². The molecule has 19 heavy (non-hydrogen) atoms. The summed E-state index contributed by atoms with van der Waals surface area (Å²) in [6.45, 7) is 4.59. The molecular formula is C12H17BrN2O3S. The normalized spacial score (nSPS) is 11.7. The highest BCUT2D eigenvalue weighted by atomic mass is 79.9. The minimum Gasteiger partial charge on any atom is -0.341 e. The lowest BCUT2D eigenvalue weighted by molar-refractivity contribution is 0.0778. The zero-order valence-electron chi connectivity index (χ0n) is 11.1. The van der Waals surface area contributed by atoms with Crippen molar-refractivity contribution >= 4 is 31.9 Å². The van der Waals surface area contributed by atoms with Crippen molar-refractivity contribution in [2.45, 2.75) is 18.7 Å². The standard InChI is InChI=1S/C12H17BrN2O3S/c1-8(2)7-15(3)12(16)10-6-9(19(14,17)18)4-5-11(10)13/h4-6,8H,7H2,1-3H3,(H2,14,17,18). The van der Waals surface area contributed by atoms with Gasteiger partial charge in [0.1, 0.15) is 0 Å². The number of hydrogen-bond donors (Lipinski definition) is 1. The zero-order chi connectivity index (χ0) is 14.8. The molecule has 0 fully saturated rings. The van der Waals surface area contributed by atoms with Crippen LogP contribution < -0.4 is 5.14 Å². The minimum atomic E-state index is -3.82. The highest BCUT2D eigenvalue weighted by Crippen LogP contribution is 2.22. The molecule has 1 amide bonds. The van der Waals surface area contributed by atoms with Crippen molar-refractivity contribution in [3.05, 3.63) is 28.2 Å². The summed E-state index contributed by atoms with van der Waals surface area (Å²) >= 11 is 3.25. The maximum absolute atomic E-state index is 12.2. The minimum absolute atomic E-state index is 0.0722. The van der Waals surface area contributed by atoms with Gasteiger partial charge >= 0.3 is 0 Å². The van der Waals surface area contributed by atoms with Gasteiger partial charge in [0.2, 0.25) is 10.0 Å². The van der Waals surface area contributed by atoms with Gasteiger partial charge in [-0.25, -0.2) is 13.6 Å². The maximum Gasteiger partial charge on any atom is 0.254 e. The van der Waals surface area contributed by atoms with Crippen LogP contribution in [0.3, 0.4) is 0 Å². The first kappa shape index (κ1) is 16.1.